The molecule has 25 heavy (non-hydrogen) atoms. The van der Waals surface area contributed by atoms with E-state index in [-0.39, 0.29) is 30.8 Å². The molecule has 2 rings (SSSR count). The van der Waals surface area contributed by atoms with Crippen LogP contribution in [0, 0.1) is 5.95 Å². The summed E-state index contributed by atoms with van der Waals surface area (Å²) in [6.45, 7) is 0.230. The maximum atomic E-state index is 13.0. The van der Waals surface area contributed by atoms with Crippen LogP contribution < -0.4 is 11.1 Å². The van der Waals surface area contributed by atoms with E-state index in [4.69, 9.17) is 10.5 Å². The van der Waals surface area contributed by atoms with Crippen LogP contribution >= 0.6 is 0 Å². The van der Waals surface area contributed by atoms with E-state index >= 15 is 0 Å². The van der Waals surface area contributed by atoms with Crippen molar-refractivity contribution >= 4 is 11.8 Å². The van der Waals surface area contributed by atoms with Gasteiger partial charge in [0.05, 0.1) is 11.8 Å². The fourth-order valence-corrected chi connectivity index (χ4v) is 2.12. The van der Waals surface area contributed by atoms with Crippen LogP contribution in [0.5, 0.6) is 0 Å². The normalized spacial score (nSPS) is 13.1. The summed E-state index contributed by atoms with van der Waals surface area (Å²) in [4.78, 5) is 15.0. The number of benzene rings is 1. The van der Waals surface area contributed by atoms with Crippen molar-refractivity contribution in [2.75, 3.05) is 12.3 Å². The quantitative estimate of drug-likeness (QED) is 0.563. The predicted octanol–water partition coefficient (Wildman–Crippen LogP) is 1.51. The molecule has 0 aliphatic heterocycles. The number of pyridine rings is 1. The van der Waals surface area contributed by atoms with Crippen molar-refractivity contribution < 1.29 is 24.1 Å². The zero-order valence-electron chi connectivity index (χ0n) is 13.4. The third kappa shape index (κ3) is 5.70. The number of amides is 1. The first-order valence-corrected chi connectivity index (χ1v) is 7.69. The fraction of sp³-hybridized carbons (Fsp3) is 0.294. The summed E-state index contributed by atoms with van der Waals surface area (Å²) in [5.41, 5.74) is 6.21. The van der Waals surface area contributed by atoms with Gasteiger partial charge in [-0.2, -0.15) is 4.39 Å². The van der Waals surface area contributed by atoms with E-state index in [1.54, 1.807) is 0 Å². The van der Waals surface area contributed by atoms with E-state index in [2.05, 4.69) is 10.3 Å². The molecule has 5 N–H and O–H groups in total. The highest BCUT2D eigenvalue weighted by Gasteiger charge is 2.20. The SMILES string of the molecule is Nc1cc(C(O)C(O)CCNC(=O)OCc2ccccc2)cnc1F. The molecule has 1 amide bonds. The average Bonchev–Trinajstić information content (AvgIpc) is 2.62. The van der Waals surface area contributed by atoms with Gasteiger partial charge in [0.1, 0.15) is 12.7 Å². The Labute approximate surface area is 144 Å². The molecular formula is C17H20FN3O4. The Morgan fingerprint density at radius 3 is 2.72 bits per heavy atom. The summed E-state index contributed by atoms with van der Waals surface area (Å²) in [5, 5.41) is 22.4. The van der Waals surface area contributed by atoms with Gasteiger partial charge in [-0.05, 0) is 18.1 Å². The second-order valence-corrected chi connectivity index (χ2v) is 5.44. The van der Waals surface area contributed by atoms with Crippen molar-refractivity contribution in [1.29, 1.82) is 0 Å². The van der Waals surface area contributed by atoms with Crippen LogP contribution in [0.2, 0.25) is 0 Å². The number of aromatic nitrogens is 1. The first kappa shape index (κ1) is 18.6. The minimum atomic E-state index is -1.29. The standard InChI is InChI=1S/C17H20FN3O4/c18-16-13(19)8-12(9-21-16)15(23)14(22)6-7-20-17(24)25-10-11-4-2-1-3-5-11/h1-5,8-9,14-15,22-23H,6-7,10,19H2,(H,20,24). The second kappa shape index (κ2) is 8.95. The minimum Gasteiger partial charge on any atom is -0.445 e. The van der Waals surface area contributed by atoms with Crippen molar-refractivity contribution in [2.24, 2.45) is 0 Å². The number of nitrogens with two attached hydrogens (primary N) is 1. The lowest BCUT2D eigenvalue weighted by Gasteiger charge is -2.18. The largest absolute Gasteiger partial charge is 0.445 e. The number of nitrogen functional groups attached to an aromatic ring is 1. The number of carbonyl (C=O) groups is 1. The molecule has 2 aromatic rings. The first-order chi connectivity index (χ1) is 12.0. The number of aliphatic hydroxyl groups is 2. The molecule has 0 saturated carbocycles. The van der Waals surface area contributed by atoms with E-state index in [1.807, 2.05) is 30.3 Å². The molecule has 0 radical (unpaired) electrons. The number of hydrogen-bond donors (Lipinski definition) is 4. The smallest absolute Gasteiger partial charge is 0.407 e. The monoisotopic (exact) mass is 349 g/mol. The molecule has 7 nitrogen and oxygen atoms in total. The number of alkyl carbamates (subject to hydrolysis) is 1. The van der Waals surface area contributed by atoms with Crippen molar-refractivity contribution in [3.8, 4) is 0 Å². The molecule has 1 aromatic carbocycles. The first-order valence-electron chi connectivity index (χ1n) is 7.69. The molecule has 8 heteroatoms. The summed E-state index contributed by atoms with van der Waals surface area (Å²) in [7, 11) is 0. The highest BCUT2D eigenvalue weighted by molar-refractivity contribution is 5.67. The van der Waals surface area contributed by atoms with E-state index in [0.29, 0.717) is 0 Å². The molecule has 0 fully saturated rings. The van der Waals surface area contributed by atoms with Gasteiger partial charge in [-0.3, -0.25) is 0 Å². The topological polar surface area (TPSA) is 118 Å². The lowest BCUT2D eigenvalue weighted by molar-refractivity contribution is 0.0134. The van der Waals surface area contributed by atoms with Crippen LogP contribution in [0.15, 0.2) is 42.6 Å². The van der Waals surface area contributed by atoms with E-state index in [0.717, 1.165) is 11.8 Å². The van der Waals surface area contributed by atoms with Crippen LogP contribution in [0.1, 0.15) is 23.7 Å². The van der Waals surface area contributed by atoms with Crippen LogP contribution in [-0.2, 0) is 11.3 Å². The van der Waals surface area contributed by atoms with Crippen LogP contribution in [0.3, 0.4) is 0 Å². The molecule has 0 aliphatic rings. The number of rotatable bonds is 7. The Balaban J connectivity index is 1.72. The Hall–Kier alpha value is -2.71. The molecule has 134 valence electrons. The van der Waals surface area contributed by atoms with Crippen LogP contribution in [-0.4, -0.2) is 33.9 Å². The number of hydrogen-bond acceptors (Lipinski definition) is 6. The molecule has 0 saturated heterocycles. The van der Waals surface area contributed by atoms with Gasteiger partial charge < -0.3 is 26.0 Å². The Bertz CT molecular complexity index is 700. The van der Waals surface area contributed by atoms with Gasteiger partial charge in [0, 0.05) is 18.3 Å². The van der Waals surface area contributed by atoms with Crippen LogP contribution in [0.25, 0.3) is 0 Å². The van der Waals surface area contributed by atoms with Gasteiger partial charge in [-0.15, -0.1) is 0 Å². The van der Waals surface area contributed by atoms with Crippen molar-refractivity contribution in [3.05, 3.63) is 59.7 Å². The number of carbonyl (C=O) groups excluding carboxylic acids is 1. The average molecular weight is 349 g/mol. The third-order valence-electron chi connectivity index (χ3n) is 3.52. The second-order valence-electron chi connectivity index (χ2n) is 5.44. The lowest BCUT2D eigenvalue weighted by Crippen LogP contribution is -2.29. The van der Waals surface area contributed by atoms with Crippen molar-refractivity contribution in [2.45, 2.75) is 25.2 Å². The third-order valence-corrected chi connectivity index (χ3v) is 3.52. The molecule has 0 spiro atoms. The number of nitrogens with one attached hydrogen (secondary N) is 1. The highest BCUT2D eigenvalue weighted by atomic mass is 19.1. The highest BCUT2D eigenvalue weighted by Crippen LogP contribution is 2.21. The maximum Gasteiger partial charge on any atom is 0.407 e. The number of nitrogens with zero attached hydrogens (tertiary/aromatic N) is 1. The molecule has 2 unspecified atom stereocenters. The zero-order chi connectivity index (χ0) is 18.2. The van der Waals surface area contributed by atoms with Gasteiger partial charge in [-0.1, -0.05) is 30.3 Å². The Morgan fingerprint density at radius 2 is 2.04 bits per heavy atom. The van der Waals surface area contributed by atoms with Gasteiger partial charge in [-0.25, -0.2) is 9.78 Å². The fourth-order valence-electron chi connectivity index (χ4n) is 2.12. The zero-order valence-corrected chi connectivity index (χ0v) is 13.4. The summed E-state index contributed by atoms with van der Waals surface area (Å²) >= 11 is 0. The molecule has 1 heterocycles. The molecular weight excluding hydrogens is 329 g/mol. The molecule has 0 aliphatic carbocycles. The number of anilines is 1. The summed E-state index contributed by atoms with van der Waals surface area (Å²) in [6.07, 6.45) is -1.93. The summed E-state index contributed by atoms with van der Waals surface area (Å²) in [6, 6.07) is 10.4. The maximum absolute atomic E-state index is 13.0. The molecule has 1 aromatic heterocycles. The molecule has 2 atom stereocenters. The van der Waals surface area contributed by atoms with Gasteiger partial charge in [0.15, 0.2) is 0 Å². The number of ether oxygens (including phenoxy) is 1. The Kier molecular flexibility index (Phi) is 6.67. The van der Waals surface area contributed by atoms with Crippen LogP contribution in [0.4, 0.5) is 14.9 Å². The lowest BCUT2D eigenvalue weighted by atomic mass is 10.0. The van der Waals surface area contributed by atoms with E-state index in [9.17, 15) is 19.4 Å². The Morgan fingerprint density at radius 1 is 1.32 bits per heavy atom. The number of aliphatic hydroxyl groups excluding tert-OH is 2. The van der Waals surface area contributed by atoms with Gasteiger partial charge >= 0.3 is 6.09 Å². The van der Waals surface area contributed by atoms with Crippen molar-refractivity contribution in [1.82, 2.24) is 10.3 Å². The van der Waals surface area contributed by atoms with Gasteiger partial charge in [0.2, 0.25) is 5.95 Å². The minimum absolute atomic E-state index is 0.0683. The predicted molar refractivity (Wildman–Crippen MR) is 88.8 cm³/mol. The number of halogens is 1. The molecule has 0 bridgehead atoms. The van der Waals surface area contributed by atoms with Gasteiger partial charge in [0.25, 0.3) is 0 Å². The van der Waals surface area contributed by atoms with E-state index < -0.39 is 24.2 Å². The summed E-state index contributed by atoms with van der Waals surface area (Å²) < 4.78 is 18.0. The van der Waals surface area contributed by atoms with Crippen molar-refractivity contribution in [3.63, 3.8) is 0 Å². The summed E-state index contributed by atoms with van der Waals surface area (Å²) in [5.74, 6) is -0.840. The van der Waals surface area contributed by atoms with E-state index in [1.165, 1.54) is 6.07 Å².